The predicted molar refractivity (Wildman–Crippen MR) is 72.1 cm³/mol. The van der Waals surface area contributed by atoms with Crippen LogP contribution in [0.3, 0.4) is 0 Å². The molecule has 4 nitrogen and oxygen atoms in total. The van der Waals surface area contributed by atoms with Crippen molar-refractivity contribution in [2.45, 2.75) is 26.3 Å². The second-order valence-electron chi connectivity index (χ2n) is 5.32. The summed E-state index contributed by atoms with van der Waals surface area (Å²) in [5, 5.41) is 3.85. The van der Waals surface area contributed by atoms with Crippen LogP contribution in [0.4, 0.5) is 0 Å². The monoisotopic (exact) mass is 246 g/mol. The van der Waals surface area contributed by atoms with Crippen LogP contribution in [0.25, 0.3) is 10.9 Å². The lowest BCUT2D eigenvalue weighted by Crippen LogP contribution is -2.40. The van der Waals surface area contributed by atoms with E-state index < -0.39 is 0 Å². The SMILES string of the molecule is COc1ccc2c(C(=O)NC(C)(C)C)c[nH]c2c1. The van der Waals surface area contributed by atoms with Crippen LogP contribution in [0, 0.1) is 0 Å². The van der Waals surface area contributed by atoms with E-state index in [4.69, 9.17) is 4.74 Å². The number of nitrogens with one attached hydrogen (secondary N) is 2. The summed E-state index contributed by atoms with van der Waals surface area (Å²) in [5.41, 5.74) is 1.31. The third-order valence-corrected chi connectivity index (χ3v) is 2.62. The van der Waals surface area contributed by atoms with Gasteiger partial charge in [0.2, 0.25) is 0 Å². The topological polar surface area (TPSA) is 54.1 Å². The first kappa shape index (κ1) is 12.5. The van der Waals surface area contributed by atoms with E-state index in [-0.39, 0.29) is 11.4 Å². The van der Waals surface area contributed by atoms with Crippen molar-refractivity contribution in [1.82, 2.24) is 10.3 Å². The molecule has 0 aliphatic heterocycles. The highest BCUT2D eigenvalue weighted by molar-refractivity contribution is 6.07. The minimum absolute atomic E-state index is 0.0704. The average molecular weight is 246 g/mol. The second kappa shape index (κ2) is 4.37. The molecule has 2 aromatic rings. The van der Waals surface area contributed by atoms with Gasteiger partial charge in [-0.1, -0.05) is 0 Å². The van der Waals surface area contributed by atoms with Gasteiger partial charge in [-0.25, -0.2) is 0 Å². The molecule has 0 radical (unpaired) electrons. The first-order chi connectivity index (χ1) is 8.40. The Kier molecular flexibility index (Phi) is 3.03. The number of hydrogen-bond acceptors (Lipinski definition) is 2. The molecule has 18 heavy (non-hydrogen) atoms. The number of aromatic amines is 1. The molecular weight excluding hydrogens is 228 g/mol. The summed E-state index contributed by atoms with van der Waals surface area (Å²) >= 11 is 0. The summed E-state index contributed by atoms with van der Waals surface area (Å²) in [7, 11) is 1.62. The van der Waals surface area contributed by atoms with Crippen LogP contribution in [-0.2, 0) is 0 Å². The van der Waals surface area contributed by atoms with E-state index in [1.807, 2.05) is 39.0 Å². The van der Waals surface area contributed by atoms with Crippen molar-refractivity contribution in [1.29, 1.82) is 0 Å². The highest BCUT2D eigenvalue weighted by atomic mass is 16.5. The Bertz CT molecular complexity index is 579. The highest BCUT2D eigenvalue weighted by Gasteiger charge is 2.18. The largest absolute Gasteiger partial charge is 0.497 e. The highest BCUT2D eigenvalue weighted by Crippen LogP contribution is 2.23. The van der Waals surface area contributed by atoms with Gasteiger partial charge in [0.05, 0.1) is 12.7 Å². The lowest BCUT2D eigenvalue weighted by atomic mass is 10.1. The summed E-state index contributed by atoms with van der Waals surface area (Å²) < 4.78 is 5.15. The first-order valence-corrected chi connectivity index (χ1v) is 5.88. The van der Waals surface area contributed by atoms with Gasteiger partial charge in [0, 0.05) is 28.7 Å². The molecule has 2 N–H and O–H groups in total. The standard InChI is InChI=1S/C14H18N2O2/c1-14(2,3)16-13(17)11-8-15-12-7-9(18-4)5-6-10(11)12/h5-8,15H,1-4H3,(H,16,17). The average Bonchev–Trinajstić information content (AvgIpc) is 2.69. The maximum absolute atomic E-state index is 12.1. The number of fused-ring (bicyclic) bond motifs is 1. The molecule has 0 unspecified atom stereocenters. The van der Waals surface area contributed by atoms with Crippen LogP contribution >= 0.6 is 0 Å². The Hall–Kier alpha value is -1.97. The maximum atomic E-state index is 12.1. The minimum Gasteiger partial charge on any atom is -0.497 e. The van der Waals surface area contributed by atoms with Crippen LogP contribution in [0.5, 0.6) is 5.75 Å². The van der Waals surface area contributed by atoms with Gasteiger partial charge in [-0.05, 0) is 32.9 Å². The Morgan fingerprint density at radius 2 is 2.06 bits per heavy atom. The van der Waals surface area contributed by atoms with Gasteiger partial charge in [0.25, 0.3) is 5.91 Å². The summed E-state index contributed by atoms with van der Waals surface area (Å²) in [6.07, 6.45) is 1.73. The molecule has 0 bridgehead atoms. The van der Waals surface area contributed by atoms with E-state index in [1.165, 1.54) is 0 Å². The van der Waals surface area contributed by atoms with Gasteiger partial charge in [-0.3, -0.25) is 4.79 Å². The number of hydrogen-bond donors (Lipinski definition) is 2. The summed E-state index contributed by atoms with van der Waals surface area (Å²) in [6, 6.07) is 5.62. The molecule has 1 heterocycles. The Morgan fingerprint density at radius 3 is 2.67 bits per heavy atom. The van der Waals surface area contributed by atoms with E-state index in [2.05, 4.69) is 10.3 Å². The third kappa shape index (κ3) is 2.47. The number of methoxy groups -OCH3 is 1. The Morgan fingerprint density at radius 1 is 1.33 bits per heavy atom. The van der Waals surface area contributed by atoms with Gasteiger partial charge in [-0.2, -0.15) is 0 Å². The number of ether oxygens (including phenoxy) is 1. The van der Waals surface area contributed by atoms with Crippen molar-refractivity contribution in [3.8, 4) is 5.75 Å². The molecule has 0 aliphatic carbocycles. The molecule has 0 fully saturated rings. The molecule has 0 saturated heterocycles. The fourth-order valence-electron chi connectivity index (χ4n) is 1.83. The number of rotatable bonds is 2. The number of H-pyrrole nitrogens is 1. The van der Waals surface area contributed by atoms with Crippen LogP contribution in [0.2, 0.25) is 0 Å². The summed E-state index contributed by atoms with van der Waals surface area (Å²) in [5.74, 6) is 0.700. The van der Waals surface area contributed by atoms with Crippen molar-refractivity contribution in [3.63, 3.8) is 0 Å². The van der Waals surface area contributed by atoms with Crippen LogP contribution in [0.1, 0.15) is 31.1 Å². The van der Waals surface area contributed by atoms with E-state index >= 15 is 0 Å². The van der Waals surface area contributed by atoms with Crippen molar-refractivity contribution < 1.29 is 9.53 Å². The normalized spacial score (nSPS) is 11.6. The molecule has 0 saturated carbocycles. The van der Waals surface area contributed by atoms with Crippen molar-refractivity contribution >= 4 is 16.8 Å². The van der Waals surface area contributed by atoms with Gasteiger partial charge >= 0.3 is 0 Å². The number of benzene rings is 1. The molecule has 1 aromatic heterocycles. The molecule has 0 aliphatic rings. The third-order valence-electron chi connectivity index (χ3n) is 2.62. The van der Waals surface area contributed by atoms with Crippen molar-refractivity contribution in [2.24, 2.45) is 0 Å². The van der Waals surface area contributed by atoms with Gasteiger partial charge < -0.3 is 15.0 Å². The Balaban J connectivity index is 2.38. The lowest BCUT2D eigenvalue weighted by molar-refractivity contribution is 0.0921. The first-order valence-electron chi connectivity index (χ1n) is 5.88. The van der Waals surface area contributed by atoms with E-state index in [0.717, 1.165) is 16.7 Å². The zero-order valence-corrected chi connectivity index (χ0v) is 11.1. The zero-order valence-electron chi connectivity index (χ0n) is 11.1. The van der Waals surface area contributed by atoms with Crippen LogP contribution < -0.4 is 10.1 Å². The molecule has 0 atom stereocenters. The fraction of sp³-hybridized carbons (Fsp3) is 0.357. The summed E-state index contributed by atoms with van der Waals surface area (Å²) in [4.78, 5) is 15.2. The summed E-state index contributed by atoms with van der Waals surface area (Å²) in [6.45, 7) is 5.88. The smallest absolute Gasteiger partial charge is 0.253 e. The fourth-order valence-corrected chi connectivity index (χ4v) is 1.83. The van der Waals surface area contributed by atoms with E-state index in [9.17, 15) is 4.79 Å². The lowest BCUT2D eigenvalue weighted by Gasteiger charge is -2.20. The molecule has 0 spiro atoms. The number of carbonyl (C=O) groups is 1. The van der Waals surface area contributed by atoms with Gasteiger partial charge in [-0.15, -0.1) is 0 Å². The quantitative estimate of drug-likeness (QED) is 0.856. The number of aromatic nitrogens is 1. The molecular formula is C14H18N2O2. The van der Waals surface area contributed by atoms with Crippen LogP contribution in [0.15, 0.2) is 24.4 Å². The molecule has 1 amide bonds. The number of carbonyl (C=O) groups excluding carboxylic acids is 1. The number of amides is 1. The van der Waals surface area contributed by atoms with Crippen molar-refractivity contribution in [3.05, 3.63) is 30.0 Å². The van der Waals surface area contributed by atoms with Gasteiger partial charge in [0.1, 0.15) is 5.75 Å². The van der Waals surface area contributed by atoms with Crippen molar-refractivity contribution in [2.75, 3.05) is 7.11 Å². The zero-order chi connectivity index (χ0) is 13.3. The predicted octanol–water partition coefficient (Wildman–Crippen LogP) is 2.70. The molecule has 2 rings (SSSR count). The van der Waals surface area contributed by atoms with E-state index in [1.54, 1.807) is 13.3 Å². The second-order valence-corrected chi connectivity index (χ2v) is 5.32. The molecule has 96 valence electrons. The molecule has 4 heteroatoms. The maximum Gasteiger partial charge on any atom is 0.253 e. The molecule has 1 aromatic carbocycles. The Labute approximate surface area is 106 Å². The van der Waals surface area contributed by atoms with Crippen LogP contribution in [-0.4, -0.2) is 23.5 Å². The minimum atomic E-state index is -0.243. The van der Waals surface area contributed by atoms with Gasteiger partial charge in [0.15, 0.2) is 0 Å². The van der Waals surface area contributed by atoms with E-state index in [0.29, 0.717) is 5.56 Å².